The Morgan fingerprint density at radius 2 is 1.96 bits per heavy atom. The van der Waals surface area contributed by atoms with Crippen LogP contribution < -0.4 is 5.32 Å². The highest BCUT2D eigenvalue weighted by atomic mass is 16.3. The smallest absolute Gasteiger partial charge is 0.251 e. The Morgan fingerprint density at radius 1 is 1.21 bits per heavy atom. The number of para-hydroxylation sites is 2. The number of hydrogen-bond donors (Lipinski definition) is 2. The van der Waals surface area contributed by atoms with Crippen LogP contribution in [-0.4, -0.2) is 33.2 Å². The van der Waals surface area contributed by atoms with Gasteiger partial charge in [0.25, 0.3) is 5.91 Å². The minimum atomic E-state index is -0.359. The number of aliphatic hydroxyl groups is 1. The van der Waals surface area contributed by atoms with Gasteiger partial charge in [0.05, 0.1) is 17.1 Å². The van der Waals surface area contributed by atoms with E-state index >= 15 is 0 Å². The van der Waals surface area contributed by atoms with Gasteiger partial charge >= 0.3 is 0 Å². The molecule has 0 saturated heterocycles. The van der Waals surface area contributed by atoms with E-state index in [0.29, 0.717) is 24.9 Å². The van der Waals surface area contributed by atoms with Crippen LogP contribution in [0.25, 0.3) is 16.7 Å². The van der Waals surface area contributed by atoms with Crippen LogP contribution in [0.1, 0.15) is 30.1 Å². The standard InChI is InChI=1S/C19H21N3O2/c1-2-16(23)11-12-20-19(24)14-7-9-15(10-8-14)22-13-21-17-5-3-4-6-18(17)22/h3-10,13,16,23H,2,11-12H2,1H3,(H,20,24). The van der Waals surface area contributed by atoms with Crippen LogP contribution in [-0.2, 0) is 0 Å². The molecule has 1 amide bonds. The number of amides is 1. The number of aromatic nitrogens is 2. The van der Waals surface area contributed by atoms with E-state index < -0.39 is 0 Å². The van der Waals surface area contributed by atoms with Crippen LogP contribution in [0.5, 0.6) is 0 Å². The monoisotopic (exact) mass is 323 g/mol. The molecule has 1 aromatic heterocycles. The molecule has 0 spiro atoms. The summed E-state index contributed by atoms with van der Waals surface area (Å²) in [6.45, 7) is 2.40. The summed E-state index contributed by atoms with van der Waals surface area (Å²) in [5.74, 6) is -0.125. The van der Waals surface area contributed by atoms with E-state index in [-0.39, 0.29) is 12.0 Å². The molecule has 1 unspecified atom stereocenters. The summed E-state index contributed by atoms with van der Waals surface area (Å²) in [6, 6.07) is 15.3. The van der Waals surface area contributed by atoms with Crippen LogP contribution in [0.4, 0.5) is 0 Å². The minimum Gasteiger partial charge on any atom is -0.393 e. The van der Waals surface area contributed by atoms with Crippen molar-refractivity contribution in [3.05, 3.63) is 60.4 Å². The molecule has 5 nitrogen and oxygen atoms in total. The van der Waals surface area contributed by atoms with Gasteiger partial charge in [0, 0.05) is 17.8 Å². The topological polar surface area (TPSA) is 67.2 Å². The molecule has 3 rings (SSSR count). The number of aliphatic hydroxyl groups excluding tert-OH is 1. The number of rotatable bonds is 6. The molecule has 0 radical (unpaired) electrons. The molecule has 0 bridgehead atoms. The average Bonchev–Trinajstić information content (AvgIpc) is 3.05. The van der Waals surface area contributed by atoms with Gasteiger partial charge in [0.1, 0.15) is 6.33 Å². The zero-order valence-electron chi connectivity index (χ0n) is 13.6. The largest absolute Gasteiger partial charge is 0.393 e. The summed E-state index contributed by atoms with van der Waals surface area (Å²) in [5.41, 5.74) is 3.54. The molecular weight excluding hydrogens is 302 g/mol. The molecule has 0 aliphatic rings. The first-order valence-corrected chi connectivity index (χ1v) is 8.18. The first-order valence-electron chi connectivity index (χ1n) is 8.18. The molecule has 2 aromatic carbocycles. The molecule has 3 aromatic rings. The lowest BCUT2D eigenvalue weighted by Gasteiger charge is -2.09. The number of benzene rings is 2. The van der Waals surface area contributed by atoms with E-state index in [9.17, 15) is 9.90 Å². The lowest BCUT2D eigenvalue weighted by molar-refractivity contribution is 0.0942. The van der Waals surface area contributed by atoms with Crippen LogP contribution in [0, 0.1) is 0 Å². The van der Waals surface area contributed by atoms with Gasteiger partial charge in [-0.05, 0) is 49.2 Å². The molecule has 0 aliphatic heterocycles. The molecule has 2 N–H and O–H groups in total. The molecule has 1 heterocycles. The van der Waals surface area contributed by atoms with E-state index in [1.54, 1.807) is 18.5 Å². The van der Waals surface area contributed by atoms with Gasteiger partial charge < -0.3 is 10.4 Å². The van der Waals surface area contributed by atoms with Crippen LogP contribution in [0.2, 0.25) is 0 Å². The zero-order chi connectivity index (χ0) is 16.9. The van der Waals surface area contributed by atoms with Gasteiger partial charge in [0.2, 0.25) is 0 Å². The lowest BCUT2D eigenvalue weighted by atomic mass is 10.1. The highest BCUT2D eigenvalue weighted by Gasteiger charge is 2.08. The number of carbonyl (C=O) groups excluding carboxylic acids is 1. The maximum Gasteiger partial charge on any atom is 0.251 e. The van der Waals surface area contributed by atoms with Crippen molar-refractivity contribution in [2.24, 2.45) is 0 Å². The van der Waals surface area contributed by atoms with Gasteiger partial charge in [-0.2, -0.15) is 0 Å². The Kier molecular flexibility index (Phi) is 4.91. The molecule has 1 atom stereocenters. The quantitative estimate of drug-likeness (QED) is 0.733. The Morgan fingerprint density at radius 3 is 2.71 bits per heavy atom. The fourth-order valence-electron chi connectivity index (χ4n) is 2.60. The fraction of sp³-hybridized carbons (Fsp3) is 0.263. The second-order valence-electron chi connectivity index (χ2n) is 5.76. The Labute approximate surface area is 141 Å². The number of nitrogens with zero attached hydrogens (tertiary/aromatic N) is 2. The lowest BCUT2D eigenvalue weighted by Crippen LogP contribution is -2.26. The third-order valence-electron chi connectivity index (χ3n) is 4.10. The number of fused-ring (bicyclic) bond motifs is 1. The predicted molar refractivity (Wildman–Crippen MR) is 94.3 cm³/mol. The third-order valence-corrected chi connectivity index (χ3v) is 4.10. The van der Waals surface area contributed by atoms with Crippen LogP contribution >= 0.6 is 0 Å². The van der Waals surface area contributed by atoms with Crippen molar-refractivity contribution in [3.63, 3.8) is 0 Å². The van der Waals surface area contributed by atoms with Gasteiger partial charge in [-0.1, -0.05) is 19.1 Å². The number of hydrogen-bond acceptors (Lipinski definition) is 3. The van der Waals surface area contributed by atoms with Crippen molar-refractivity contribution in [2.45, 2.75) is 25.9 Å². The van der Waals surface area contributed by atoms with E-state index in [2.05, 4.69) is 10.3 Å². The van der Waals surface area contributed by atoms with Gasteiger partial charge in [-0.25, -0.2) is 4.98 Å². The normalized spacial score (nSPS) is 12.2. The average molecular weight is 323 g/mol. The summed E-state index contributed by atoms with van der Waals surface area (Å²) in [4.78, 5) is 16.5. The summed E-state index contributed by atoms with van der Waals surface area (Å²) in [6.07, 6.45) is 2.69. The van der Waals surface area contributed by atoms with Gasteiger partial charge in [0.15, 0.2) is 0 Å². The minimum absolute atomic E-state index is 0.125. The molecule has 0 fully saturated rings. The summed E-state index contributed by atoms with van der Waals surface area (Å²) >= 11 is 0. The van der Waals surface area contributed by atoms with Crippen molar-refractivity contribution in [1.82, 2.24) is 14.9 Å². The Balaban J connectivity index is 1.70. The van der Waals surface area contributed by atoms with E-state index in [0.717, 1.165) is 16.7 Å². The predicted octanol–water partition coefficient (Wildman–Crippen LogP) is 2.92. The Bertz CT molecular complexity index is 824. The number of imidazole rings is 1. The van der Waals surface area contributed by atoms with Crippen molar-refractivity contribution in [1.29, 1.82) is 0 Å². The molecule has 0 aliphatic carbocycles. The van der Waals surface area contributed by atoms with Crippen LogP contribution in [0.15, 0.2) is 54.9 Å². The van der Waals surface area contributed by atoms with Crippen LogP contribution in [0.3, 0.4) is 0 Å². The maximum atomic E-state index is 12.1. The van der Waals surface area contributed by atoms with Crippen molar-refractivity contribution in [2.75, 3.05) is 6.54 Å². The van der Waals surface area contributed by atoms with E-state index in [1.807, 2.05) is 47.9 Å². The molecule has 124 valence electrons. The number of carbonyl (C=O) groups is 1. The SMILES string of the molecule is CCC(O)CCNC(=O)c1ccc(-n2cnc3ccccc32)cc1. The summed E-state index contributed by atoms with van der Waals surface area (Å²) in [5, 5.41) is 12.3. The third kappa shape index (κ3) is 3.46. The van der Waals surface area contributed by atoms with Crippen molar-refractivity contribution < 1.29 is 9.90 Å². The Hall–Kier alpha value is -2.66. The number of nitrogens with one attached hydrogen (secondary N) is 1. The van der Waals surface area contributed by atoms with E-state index in [1.165, 1.54) is 0 Å². The molecule has 0 saturated carbocycles. The summed E-state index contributed by atoms with van der Waals surface area (Å²) in [7, 11) is 0. The molecule has 5 heteroatoms. The highest BCUT2D eigenvalue weighted by molar-refractivity contribution is 5.94. The first kappa shape index (κ1) is 16.2. The zero-order valence-corrected chi connectivity index (χ0v) is 13.6. The first-order chi connectivity index (χ1) is 11.7. The highest BCUT2D eigenvalue weighted by Crippen LogP contribution is 2.18. The fourth-order valence-corrected chi connectivity index (χ4v) is 2.60. The van der Waals surface area contributed by atoms with E-state index in [4.69, 9.17) is 0 Å². The van der Waals surface area contributed by atoms with Gasteiger partial charge in [-0.15, -0.1) is 0 Å². The van der Waals surface area contributed by atoms with Crippen molar-refractivity contribution in [3.8, 4) is 5.69 Å². The van der Waals surface area contributed by atoms with Crippen molar-refractivity contribution >= 4 is 16.9 Å². The second kappa shape index (κ2) is 7.27. The molecule has 24 heavy (non-hydrogen) atoms. The maximum absolute atomic E-state index is 12.1. The molecular formula is C19H21N3O2. The second-order valence-corrected chi connectivity index (χ2v) is 5.76. The summed E-state index contributed by atoms with van der Waals surface area (Å²) < 4.78 is 1.99. The van der Waals surface area contributed by atoms with Gasteiger partial charge in [-0.3, -0.25) is 9.36 Å².